The number of carbonyl (C=O) groups is 2. The van der Waals surface area contributed by atoms with Gasteiger partial charge in [0.2, 0.25) is 5.91 Å². The molecule has 7 heteroatoms. The molecule has 2 N–H and O–H groups in total. The van der Waals surface area contributed by atoms with Crippen molar-refractivity contribution in [3.63, 3.8) is 0 Å². The summed E-state index contributed by atoms with van der Waals surface area (Å²) in [5.74, 6) is 0.646. The van der Waals surface area contributed by atoms with E-state index >= 15 is 0 Å². The first-order chi connectivity index (χ1) is 13.0. The number of ether oxygens (including phenoxy) is 3. The lowest BCUT2D eigenvalue weighted by molar-refractivity contribution is -0.117. The van der Waals surface area contributed by atoms with Crippen molar-refractivity contribution in [3.05, 3.63) is 59.8 Å². The first-order valence-electron chi connectivity index (χ1n) is 8.12. The molecule has 0 bridgehead atoms. The molecule has 0 fully saturated rings. The van der Waals surface area contributed by atoms with Crippen molar-refractivity contribution in [2.75, 3.05) is 14.2 Å². The maximum absolute atomic E-state index is 11.8. The Morgan fingerprint density at radius 3 is 2.56 bits per heavy atom. The zero-order valence-electron chi connectivity index (χ0n) is 14.9. The van der Waals surface area contributed by atoms with Crippen LogP contribution in [0.5, 0.6) is 17.2 Å². The minimum Gasteiger partial charge on any atom is -0.496 e. The van der Waals surface area contributed by atoms with Crippen LogP contribution >= 0.6 is 0 Å². The number of primary amides is 1. The first kappa shape index (κ1) is 18.2. The van der Waals surface area contributed by atoms with Gasteiger partial charge in [-0.25, -0.2) is 4.79 Å². The summed E-state index contributed by atoms with van der Waals surface area (Å²) >= 11 is 0. The van der Waals surface area contributed by atoms with Crippen LogP contribution in [-0.2, 0) is 16.0 Å². The normalized spacial score (nSPS) is 10.4. The topological polar surface area (TPSA) is 101 Å². The minimum absolute atomic E-state index is 0.0735. The van der Waals surface area contributed by atoms with Crippen molar-refractivity contribution < 1.29 is 23.8 Å². The second-order valence-electron chi connectivity index (χ2n) is 5.75. The molecule has 0 saturated heterocycles. The molecule has 0 spiro atoms. The SMILES string of the molecule is COC(=O)c1ccc2nccc(Oc3ccc(CC(N)=O)c(OC)c3)c2c1. The van der Waals surface area contributed by atoms with Crippen molar-refractivity contribution in [1.29, 1.82) is 0 Å². The van der Waals surface area contributed by atoms with Gasteiger partial charge < -0.3 is 19.9 Å². The highest BCUT2D eigenvalue weighted by Gasteiger charge is 2.12. The number of fused-ring (bicyclic) bond motifs is 1. The number of rotatable bonds is 6. The monoisotopic (exact) mass is 366 g/mol. The van der Waals surface area contributed by atoms with Crippen LogP contribution in [0, 0.1) is 0 Å². The predicted molar refractivity (Wildman–Crippen MR) is 99.0 cm³/mol. The standard InChI is InChI=1S/C20H18N2O5/c1-25-18-11-14(5-3-12(18)10-19(21)23)27-17-7-8-22-16-6-4-13(9-15(16)17)20(24)26-2/h3-9,11H,10H2,1-2H3,(H2,21,23). The molecule has 2 aromatic carbocycles. The van der Waals surface area contributed by atoms with Crippen LogP contribution in [0.3, 0.4) is 0 Å². The van der Waals surface area contributed by atoms with Gasteiger partial charge in [0.25, 0.3) is 0 Å². The average Bonchev–Trinajstić information content (AvgIpc) is 2.68. The molecule has 0 radical (unpaired) electrons. The molecule has 0 unspecified atom stereocenters. The number of aromatic nitrogens is 1. The van der Waals surface area contributed by atoms with Gasteiger partial charge in [-0.1, -0.05) is 6.07 Å². The van der Waals surface area contributed by atoms with Gasteiger partial charge in [0.1, 0.15) is 17.2 Å². The summed E-state index contributed by atoms with van der Waals surface area (Å²) < 4.78 is 16.1. The highest BCUT2D eigenvalue weighted by atomic mass is 16.5. The number of nitrogens with zero attached hydrogens (tertiary/aromatic N) is 1. The maximum Gasteiger partial charge on any atom is 0.337 e. The zero-order chi connectivity index (χ0) is 19.4. The Labute approximate surface area is 155 Å². The summed E-state index contributed by atoms with van der Waals surface area (Å²) in [5, 5.41) is 0.667. The van der Waals surface area contributed by atoms with E-state index in [0.717, 1.165) is 0 Å². The Kier molecular flexibility index (Phi) is 5.21. The number of nitrogens with two attached hydrogens (primary N) is 1. The van der Waals surface area contributed by atoms with Crippen LogP contribution in [0.25, 0.3) is 10.9 Å². The first-order valence-corrected chi connectivity index (χ1v) is 8.12. The number of hydrogen-bond acceptors (Lipinski definition) is 6. The zero-order valence-corrected chi connectivity index (χ0v) is 14.9. The molecule has 3 aromatic rings. The van der Waals surface area contributed by atoms with Gasteiger partial charge in [-0.15, -0.1) is 0 Å². The highest BCUT2D eigenvalue weighted by Crippen LogP contribution is 2.32. The van der Waals surface area contributed by atoms with Crippen LogP contribution in [0.1, 0.15) is 15.9 Å². The van der Waals surface area contributed by atoms with Crippen molar-refractivity contribution in [3.8, 4) is 17.2 Å². The summed E-state index contributed by atoms with van der Waals surface area (Å²) in [6, 6.07) is 11.9. The number of carbonyl (C=O) groups excluding carboxylic acids is 2. The number of benzene rings is 2. The Balaban J connectivity index is 1.98. The Morgan fingerprint density at radius 1 is 1.04 bits per heavy atom. The van der Waals surface area contributed by atoms with E-state index in [1.807, 2.05) is 0 Å². The van der Waals surface area contributed by atoms with Gasteiger partial charge in [0.05, 0.1) is 31.7 Å². The number of esters is 1. The third-order valence-electron chi connectivity index (χ3n) is 3.97. The van der Waals surface area contributed by atoms with E-state index in [2.05, 4.69) is 4.98 Å². The van der Waals surface area contributed by atoms with Gasteiger partial charge in [-0.2, -0.15) is 0 Å². The number of pyridine rings is 1. The van der Waals surface area contributed by atoms with E-state index in [0.29, 0.717) is 39.3 Å². The molecule has 1 amide bonds. The second kappa shape index (κ2) is 7.74. The van der Waals surface area contributed by atoms with Crippen molar-refractivity contribution in [2.24, 2.45) is 5.73 Å². The quantitative estimate of drug-likeness (QED) is 0.673. The van der Waals surface area contributed by atoms with Crippen LogP contribution < -0.4 is 15.2 Å². The lowest BCUT2D eigenvalue weighted by Crippen LogP contribution is -2.14. The van der Waals surface area contributed by atoms with Crippen LogP contribution in [0.2, 0.25) is 0 Å². The molecule has 1 heterocycles. The van der Waals surface area contributed by atoms with E-state index < -0.39 is 11.9 Å². The van der Waals surface area contributed by atoms with Crippen LogP contribution in [0.4, 0.5) is 0 Å². The van der Waals surface area contributed by atoms with E-state index in [4.69, 9.17) is 19.9 Å². The second-order valence-corrected chi connectivity index (χ2v) is 5.75. The molecule has 0 aliphatic carbocycles. The molecule has 0 atom stereocenters. The summed E-state index contributed by atoms with van der Waals surface area (Å²) in [4.78, 5) is 27.2. The number of methoxy groups -OCH3 is 2. The molecule has 0 saturated carbocycles. The summed E-state index contributed by atoms with van der Waals surface area (Å²) in [7, 11) is 2.83. The van der Waals surface area contributed by atoms with E-state index in [1.165, 1.54) is 14.2 Å². The molecule has 138 valence electrons. The molecular formula is C20H18N2O5. The third-order valence-corrected chi connectivity index (χ3v) is 3.97. The van der Waals surface area contributed by atoms with Crippen LogP contribution in [-0.4, -0.2) is 31.1 Å². The summed E-state index contributed by atoms with van der Waals surface area (Å²) in [6.45, 7) is 0. The fourth-order valence-electron chi connectivity index (χ4n) is 2.70. The fraction of sp³-hybridized carbons (Fsp3) is 0.150. The van der Waals surface area contributed by atoms with Gasteiger partial charge in [-0.3, -0.25) is 9.78 Å². The maximum atomic E-state index is 11.8. The Hall–Kier alpha value is -3.61. The predicted octanol–water partition coefficient (Wildman–Crippen LogP) is 2.85. The molecular weight excluding hydrogens is 348 g/mol. The third kappa shape index (κ3) is 3.98. The van der Waals surface area contributed by atoms with Gasteiger partial charge in [-0.05, 0) is 30.3 Å². The molecule has 0 aliphatic rings. The smallest absolute Gasteiger partial charge is 0.337 e. The molecule has 27 heavy (non-hydrogen) atoms. The van der Waals surface area contributed by atoms with Crippen molar-refractivity contribution in [1.82, 2.24) is 4.98 Å². The van der Waals surface area contributed by atoms with Gasteiger partial charge >= 0.3 is 5.97 Å². The lowest BCUT2D eigenvalue weighted by Gasteiger charge is -2.12. The highest BCUT2D eigenvalue weighted by molar-refractivity contribution is 5.96. The molecule has 1 aromatic heterocycles. The molecule has 7 nitrogen and oxygen atoms in total. The lowest BCUT2D eigenvalue weighted by atomic mass is 10.1. The Morgan fingerprint density at radius 2 is 1.85 bits per heavy atom. The molecule has 3 rings (SSSR count). The van der Waals surface area contributed by atoms with Crippen molar-refractivity contribution in [2.45, 2.75) is 6.42 Å². The number of amides is 1. The van der Waals surface area contributed by atoms with Crippen LogP contribution in [0.15, 0.2) is 48.7 Å². The van der Waals surface area contributed by atoms with E-state index in [9.17, 15) is 9.59 Å². The van der Waals surface area contributed by atoms with Gasteiger partial charge in [0.15, 0.2) is 0 Å². The van der Waals surface area contributed by atoms with E-state index in [-0.39, 0.29) is 6.42 Å². The number of hydrogen-bond donors (Lipinski definition) is 1. The fourth-order valence-corrected chi connectivity index (χ4v) is 2.70. The average molecular weight is 366 g/mol. The van der Waals surface area contributed by atoms with Crippen molar-refractivity contribution >= 4 is 22.8 Å². The van der Waals surface area contributed by atoms with E-state index in [1.54, 1.807) is 48.7 Å². The summed E-state index contributed by atoms with van der Waals surface area (Å²) in [5.41, 5.74) is 7.00. The Bertz CT molecular complexity index is 1020. The minimum atomic E-state index is -0.447. The largest absolute Gasteiger partial charge is 0.496 e. The van der Waals surface area contributed by atoms with Gasteiger partial charge in [0, 0.05) is 23.2 Å². The summed E-state index contributed by atoms with van der Waals surface area (Å²) in [6.07, 6.45) is 1.69. The molecule has 0 aliphatic heterocycles.